The molecule has 2 atom stereocenters. The van der Waals surface area contributed by atoms with Gasteiger partial charge in [-0.3, -0.25) is 0 Å². The van der Waals surface area contributed by atoms with Gasteiger partial charge in [0.2, 0.25) is 0 Å². The van der Waals surface area contributed by atoms with Gasteiger partial charge in [0.1, 0.15) is 0 Å². The van der Waals surface area contributed by atoms with Crippen molar-refractivity contribution in [2.75, 3.05) is 0 Å². The normalized spacial score (nSPS) is 14.3. The number of hydrogen-bond donors (Lipinski definition) is 0. The third kappa shape index (κ3) is 6.26. The molecule has 2 nitrogen and oxygen atoms in total. The Labute approximate surface area is 81.2 Å². The van der Waals surface area contributed by atoms with Crippen LogP contribution in [0.3, 0.4) is 0 Å². The lowest BCUT2D eigenvalue weighted by molar-refractivity contribution is 0.0962. The highest BCUT2D eigenvalue weighted by molar-refractivity contribution is 4.65. The van der Waals surface area contributed by atoms with Crippen LogP contribution < -0.4 is 0 Å². The summed E-state index contributed by atoms with van der Waals surface area (Å²) in [5, 5.41) is 0. The minimum absolute atomic E-state index is 0.222. The fourth-order valence-corrected chi connectivity index (χ4v) is 1.16. The van der Waals surface area contributed by atoms with Crippen molar-refractivity contribution in [3.05, 3.63) is 25.7 Å². The summed E-state index contributed by atoms with van der Waals surface area (Å²) in [7, 11) is 0. The highest BCUT2D eigenvalue weighted by atomic mass is 16.5. The molecule has 0 radical (unpaired) electrons. The third-order valence-electron chi connectivity index (χ3n) is 1.97. The molecule has 76 valence electrons. The molecular weight excluding hydrogens is 164 g/mol. The molecule has 0 rings (SSSR count). The minimum Gasteiger partial charge on any atom is -0.499 e. The lowest BCUT2D eigenvalue weighted by atomic mass is 10.1. The Morgan fingerprint density at radius 2 is 1.77 bits per heavy atom. The first kappa shape index (κ1) is 12.1. The Hall–Kier alpha value is -0.920. The van der Waals surface area contributed by atoms with Crippen molar-refractivity contribution in [2.45, 2.75) is 45.3 Å². The summed E-state index contributed by atoms with van der Waals surface area (Å²) < 4.78 is 10.5. The Bertz CT molecular complexity index is 143. The maximum absolute atomic E-state index is 5.30. The monoisotopic (exact) mass is 184 g/mol. The topological polar surface area (TPSA) is 18.5 Å². The van der Waals surface area contributed by atoms with E-state index < -0.39 is 0 Å². The summed E-state index contributed by atoms with van der Waals surface area (Å²) in [4.78, 5) is 0. The molecule has 0 aliphatic heterocycles. The van der Waals surface area contributed by atoms with Crippen LogP contribution in [-0.4, -0.2) is 12.2 Å². The SMILES string of the molecule is C=COC(C)CCC(CC)OC=C. The van der Waals surface area contributed by atoms with Crippen molar-refractivity contribution in [3.8, 4) is 0 Å². The summed E-state index contributed by atoms with van der Waals surface area (Å²) in [6.45, 7) is 11.2. The summed E-state index contributed by atoms with van der Waals surface area (Å²) >= 11 is 0. The van der Waals surface area contributed by atoms with E-state index in [1.807, 2.05) is 6.92 Å². The molecular formula is C11H20O2. The molecule has 2 heteroatoms. The van der Waals surface area contributed by atoms with E-state index >= 15 is 0 Å². The second-order valence-corrected chi connectivity index (χ2v) is 3.02. The van der Waals surface area contributed by atoms with E-state index in [2.05, 4.69) is 20.1 Å². The predicted octanol–water partition coefficient (Wildman–Crippen LogP) is 3.25. The largest absolute Gasteiger partial charge is 0.499 e. The molecule has 0 heterocycles. The number of ether oxygens (including phenoxy) is 2. The van der Waals surface area contributed by atoms with Gasteiger partial charge in [-0.2, -0.15) is 0 Å². The van der Waals surface area contributed by atoms with Gasteiger partial charge >= 0.3 is 0 Å². The van der Waals surface area contributed by atoms with E-state index in [1.54, 1.807) is 0 Å². The highest BCUT2D eigenvalue weighted by Crippen LogP contribution is 2.10. The van der Waals surface area contributed by atoms with Crippen molar-refractivity contribution < 1.29 is 9.47 Å². The molecule has 0 saturated heterocycles. The van der Waals surface area contributed by atoms with Crippen LogP contribution in [0.1, 0.15) is 33.1 Å². The fraction of sp³-hybridized carbons (Fsp3) is 0.636. The quantitative estimate of drug-likeness (QED) is 0.539. The van der Waals surface area contributed by atoms with Crippen LogP contribution in [0.2, 0.25) is 0 Å². The maximum atomic E-state index is 5.30. The molecule has 0 amide bonds. The molecule has 0 aromatic heterocycles. The molecule has 0 aromatic carbocycles. The molecule has 0 spiro atoms. The standard InChI is InChI=1S/C11H20O2/c1-5-11(13-7-3)9-8-10(4)12-6-2/h6-7,10-11H,2-3,5,8-9H2,1,4H3. The van der Waals surface area contributed by atoms with Crippen molar-refractivity contribution in [3.63, 3.8) is 0 Å². The van der Waals surface area contributed by atoms with Crippen LogP contribution in [-0.2, 0) is 9.47 Å². The minimum atomic E-state index is 0.222. The van der Waals surface area contributed by atoms with E-state index in [1.165, 1.54) is 12.5 Å². The molecule has 0 bridgehead atoms. The zero-order valence-corrected chi connectivity index (χ0v) is 8.66. The van der Waals surface area contributed by atoms with Crippen LogP contribution in [0.5, 0.6) is 0 Å². The van der Waals surface area contributed by atoms with Crippen LogP contribution in [0, 0.1) is 0 Å². The van der Waals surface area contributed by atoms with E-state index in [-0.39, 0.29) is 12.2 Å². The van der Waals surface area contributed by atoms with Gasteiger partial charge < -0.3 is 9.47 Å². The first-order valence-corrected chi connectivity index (χ1v) is 4.77. The summed E-state index contributed by atoms with van der Waals surface area (Å²) in [5.74, 6) is 0. The van der Waals surface area contributed by atoms with Gasteiger partial charge in [-0.15, -0.1) is 0 Å². The van der Waals surface area contributed by atoms with Gasteiger partial charge in [0.15, 0.2) is 0 Å². The number of hydrogen-bond acceptors (Lipinski definition) is 2. The molecule has 0 fully saturated rings. The third-order valence-corrected chi connectivity index (χ3v) is 1.97. The fourth-order valence-electron chi connectivity index (χ4n) is 1.16. The molecule has 13 heavy (non-hydrogen) atoms. The molecule has 0 aromatic rings. The van der Waals surface area contributed by atoms with Gasteiger partial charge in [0.05, 0.1) is 24.7 Å². The van der Waals surface area contributed by atoms with E-state index in [4.69, 9.17) is 9.47 Å². The lowest BCUT2D eigenvalue weighted by Gasteiger charge is -2.17. The average Bonchev–Trinajstić information content (AvgIpc) is 2.12. The van der Waals surface area contributed by atoms with Crippen LogP contribution in [0.4, 0.5) is 0 Å². The first-order valence-electron chi connectivity index (χ1n) is 4.77. The Kier molecular flexibility index (Phi) is 7.17. The smallest absolute Gasteiger partial charge is 0.0976 e. The molecule has 2 unspecified atom stereocenters. The Morgan fingerprint density at radius 3 is 2.23 bits per heavy atom. The van der Waals surface area contributed by atoms with Crippen LogP contribution in [0.15, 0.2) is 25.7 Å². The lowest BCUT2D eigenvalue weighted by Crippen LogP contribution is -2.13. The summed E-state index contributed by atoms with van der Waals surface area (Å²) in [6.07, 6.45) is 6.48. The van der Waals surface area contributed by atoms with Crippen LogP contribution in [0.25, 0.3) is 0 Å². The molecule has 0 aliphatic carbocycles. The van der Waals surface area contributed by atoms with Crippen molar-refractivity contribution in [2.24, 2.45) is 0 Å². The first-order chi connectivity index (χ1) is 6.24. The van der Waals surface area contributed by atoms with E-state index in [0.29, 0.717) is 0 Å². The Balaban J connectivity index is 3.57. The van der Waals surface area contributed by atoms with E-state index in [9.17, 15) is 0 Å². The van der Waals surface area contributed by atoms with Gasteiger partial charge in [-0.1, -0.05) is 20.1 Å². The van der Waals surface area contributed by atoms with Gasteiger partial charge in [-0.05, 0) is 26.2 Å². The van der Waals surface area contributed by atoms with Crippen molar-refractivity contribution >= 4 is 0 Å². The summed E-state index contributed by atoms with van der Waals surface area (Å²) in [6, 6.07) is 0. The van der Waals surface area contributed by atoms with Crippen molar-refractivity contribution in [1.82, 2.24) is 0 Å². The zero-order chi connectivity index (χ0) is 10.1. The van der Waals surface area contributed by atoms with Gasteiger partial charge in [0, 0.05) is 0 Å². The predicted molar refractivity (Wildman–Crippen MR) is 55.3 cm³/mol. The highest BCUT2D eigenvalue weighted by Gasteiger charge is 2.08. The van der Waals surface area contributed by atoms with Crippen molar-refractivity contribution in [1.29, 1.82) is 0 Å². The van der Waals surface area contributed by atoms with Crippen LogP contribution >= 0.6 is 0 Å². The summed E-state index contributed by atoms with van der Waals surface area (Å²) in [5.41, 5.74) is 0. The maximum Gasteiger partial charge on any atom is 0.0976 e. The zero-order valence-electron chi connectivity index (χ0n) is 8.66. The molecule has 0 N–H and O–H groups in total. The second kappa shape index (κ2) is 7.71. The van der Waals surface area contributed by atoms with Gasteiger partial charge in [-0.25, -0.2) is 0 Å². The average molecular weight is 184 g/mol. The molecule has 0 saturated carbocycles. The second-order valence-electron chi connectivity index (χ2n) is 3.02. The van der Waals surface area contributed by atoms with Gasteiger partial charge in [0.25, 0.3) is 0 Å². The number of rotatable bonds is 8. The molecule has 0 aliphatic rings. The van der Waals surface area contributed by atoms with E-state index in [0.717, 1.165) is 19.3 Å². The Morgan fingerprint density at radius 1 is 1.15 bits per heavy atom.